The summed E-state index contributed by atoms with van der Waals surface area (Å²) in [5.74, 6) is -1.03. The Hall–Kier alpha value is -4.89. The van der Waals surface area contributed by atoms with Gasteiger partial charge in [0.05, 0.1) is 21.8 Å². The first kappa shape index (κ1) is 33.5. The fourth-order valence-electron chi connectivity index (χ4n) is 4.77. The molecule has 1 aliphatic rings. The number of furan rings is 1. The Morgan fingerprint density at radius 3 is 2.28 bits per heavy atom. The molecule has 47 heavy (non-hydrogen) atoms. The van der Waals surface area contributed by atoms with E-state index in [9.17, 15) is 14.4 Å². The van der Waals surface area contributed by atoms with Crippen molar-refractivity contribution in [3.8, 4) is 11.3 Å². The molecular formula is C37H29Cl2N3O4S. The summed E-state index contributed by atoms with van der Waals surface area (Å²) >= 11 is 13.2. The molecule has 10 heteroatoms. The molecule has 0 bridgehead atoms. The molecule has 0 unspecified atom stereocenters. The zero-order chi connectivity index (χ0) is 33.3. The second-order valence-electron chi connectivity index (χ2n) is 10.1. The number of carbonyl (C=O) groups is 3. The highest BCUT2D eigenvalue weighted by Gasteiger charge is 2.35. The summed E-state index contributed by atoms with van der Waals surface area (Å²) in [5, 5.41) is 3.93. The SMILES string of the molecule is C=C/C=C\C(=C/C)N1C(=O)/C(=C\c2ccc(-c3ccc(Cl)c(Cl)c3)o2)C(=O)N=C1SCC(=O)NC(c1ccccc1)c1ccccc1. The highest BCUT2D eigenvalue weighted by Crippen LogP contribution is 2.31. The van der Waals surface area contributed by atoms with Gasteiger partial charge in [-0.15, -0.1) is 0 Å². The molecular weight excluding hydrogens is 653 g/mol. The fourth-order valence-corrected chi connectivity index (χ4v) is 5.88. The average molecular weight is 683 g/mol. The lowest BCUT2D eigenvalue weighted by atomic mass is 9.99. The molecule has 0 aliphatic carbocycles. The summed E-state index contributed by atoms with van der Waals surface area (Å²) in [7, 11) is 0. The zero-order valence-corrected chi connectivity index (χ0v) is 27.6. The van der Waals surface area contributed by atoms with Crippen LogP contribution in [0, 0.1) is 0 Å². The van der Waals surface area contributed by atoms with Gasteiger partial charge in [0.1, 0.15) is 17.1 Å². The van der Waals surface area contributed by atoms with Crippen LogP contribution >= 0.6 is 35.0 Å². The monoisotopic (exact) mass is 681 g/mol. The van der Waals surface area contributed by atoms with Crippen LogP contribution in [-0.2, 0) is 14.4 Å². The molecule has 3 amide bonds. The minimum atomic E-state index is -0.753. The number of benzene rings is 3. The van der Waals surface area contributed by atoms with E-state index in [1.807, 2.05) is 60.7 Å². The number of thioether (sulfide) groups is 1. The lowest BCUT2D eigenvalue weighted by Gasteiger charge is -2.28. The van der Waals surface area contributed by atoms with Crippen LogP contribution in [0.1, 0.15) is 29.9 Å². The Labute approximate surface area is 287 Å². The van der Waals surface area contributed by atoms with Gasteiger partial charge in [-0.1, -0.05) is 120 Å². The van der Waals surface area contributed by atoms with Gasteiger partial charge in [-0.25, -0.2) is 0 Å². The number of hydrogen-bond acceptors (Lipinski definition) is 5. The maximum absolute atomic E-state index is 13.9. The Morgan fingerprint density at radius 2 is 1.66 bits per heavy atom. The summed E-state index contributed by atoms with van der Waals surface area (Å²) in [6.45, 7) is 5.46. The normalized spacial score (nSPS) is 14.6. The average Bonchev–Trinajstić information content (AvgIpc) is 3.56. The standard InChI is InChI=1S/C37H29Cl2N3O4S/c1-3-5-16-27(4-2)42-36(45)29(22-28-18-20-32(46-28)26-17-19-30(38)31(39)21-26)35(44)41-37(42)47-23-33(43)40-34(24-12-8-6-9-13-24)25-14-10-7-11-15-25/h3-22,34H,1,23H2,2H3,(H,40,43)/b16-5-,27-4+,29-22-. The highest BCUT2D eigenvalue weighted by molar-refractivity contribution is 8.14. The summed E-state index contributed by atoms with van der Waals surface area (Å²) in [6, 6.07) is 27.3. The van der Waals surface area contributed by atoms with Gasteiger partial charge >= 0.3 is 0 Å². The second-order valence-corrected chi connectivity index (χ2v) is 11.9. The van der Waals surface area contributed by atoms with Crippen LogP contribution in [0.3, 0.4) is 0 Å². The van der Waals surface area contributed by atoms with E-state index >= 15 is 0 Å². The summed E-state index contributed by atoms with van der Waals surface area (Å²) in [4.78, 5) is 46.1. The molecule has 0 fully saturated rings. The fraction of sp³-hybridized carbons (Fsp3) is 0.0811. The van der Waals surface area contributed by atoms with Crippen LogP contribution in [0.4, 0.5) is 0 Å². The lowest BCUT2D eigenvalue weighted by Crippen LogP contribution is -2.42. The van der Waals surface area contributed by atoms with E-state index in [1.54, 1.807) is 61.6 Å². The Balaban J connectivity index is 1.41. The van der Waals surface area contributed by atoms with Crippen LogP contribution in [0.15, 0.2) is 143 Å². The first-order valence-corrected chi connectivity index (χ1v) is 16.2. The smallest absolute Gasteiger partial charge is 0.285 e. The third-order valence-electron chi connectivity index (χ3n) is 7.03. The van der Waals surface area contributed by atoms with Crippen molar-refractivity contribution >= 4 is 63.9 Å². The third-order valence-corrected chi connectivity index (χ3v) is 8.71. The summed E-state index contributed by atoms with van der Waals surface area (Å²) in [6.07, 6.45) is 7.96. The van der Waals surface area contributed by atoms with Gasteiger partial charge in [0.25, 0.3) is 11.8 Å². The van der Waals surface area contributed by atoms with Gasteiger partial charge in [-0.3, -0.25) is 19.3 Å². The maximum atomic E-state index is 13.9. The minimum absolute atomic E-state index is 0.0704. The van der Waals surface area contributed by atoms with E-state index in [0.29, 0.717) is 27.1 Å². The summed E-state index contributed by atoms with van der Waals surface area (Å²) < 4.78 is 5.92. The molecule has 5 rings (SSSR count). The van der Waals surface area contributed by atoms with E-state index in [4.69, 9.17) is 27.6 Å². The predicted octanol–water partition coefficient (Wildman–Crippen LogP) is 8.65. The number of amidine groups is 1. The first-order chi connectivity index (χ1) is 22.8. The van der Waals surface area contributed by atoms with Crippen LogP contribution in [-0.4, -0.2) is 33.5 Å². The second kappa shape index (κ2) is 15.6. The number of nitrogens with zero attached hydrogens (tertiary/aromatic N) is 2. The third kappa shape index (κ3) is 8.10. The topological polar surface area (TPSA) is 92.0 Å². The number of aliphatic imine (C=N–C) groups is 1. The Morgan fingerprint density at radius 1 is 0.979 bits per heavy atom. The molecule has 4 aromatic rings. The zero-order valence-electron chi connectivity index (χ0n) is 25.2. The van der Waals surface area contributed by atoms with Gasteiger partial charge in [-0.2, -0.15) is 4.99 Å². The minimum Gasteiger partial charge on any atom is -0.457 e. The van der Waals surface area contributed by atoms with E-state index < -0.39 is 17.9 Å². The Kier molecular flexibility index (Phi) is 11.1. The number of amides is 3. The molecule has 0 radical (unpaired) electrons. The number of nitrogens with one attached hydrogen (secondary N) is 1. The van der Waals surface area contributed by atoms with Crippen LogP contribution in [0.2, 0.25) is 10.0 Å². The first-order valence-electron chi connectivity index (χ1n) is 14.5. The van der Waals surface area contributed by atoms with Crippen molar-refractivity contribution in [3.05, 3.63) is 160 Å². The van der Waals surface area contributed by atoms with Gasteiger partial charge in [0.15, 0.2) is 5.17 Å². The molecule has 3 aromatic carbocycles. The molecule has 7 nitrogen and oxygen atoms in total. The molecule has 0 saturated heterocycles. The van der Waals surface area contributed by atoms with Gasteiger partial charge in [-0.05, 0) is 60.5 Å². The Bertz CT molecular complexity index is 1890. The van der Waals surface area contributed by atoms with Crippen LogP contribution in [0.25, 0.3) is 17.4 Å². The molecule has 0 spiro atoms. The van der Waals surface area contributed by atoms with Crippen molar-refractivity contribution < 1.29 is 18.8 Å². The molecule has 1 N–H and O–H groups in total. The van der Waals surface area contributed by atoms with Gasteiger partial charge in [0, 0.05) is 11.3 Å². The number of allylic oxidation sites excluding steroid dienone is 4. The summed E-state index contributed by atoms with van der Waals surface area (Å²) in [5.41, 5.74) is 2.75. The number of hydrogen-bond donors (Lipinski definition) is 1. The van der Waals surface area contributed by atoms with Gasteiger partial charge in [0.2, 0.25) is 5.91 Å². The van der Waals surface area contributed by atoms with Crippen LogP contribution in [0.5, 0.6) is 0 Å². The van der Waals surface area contributed by atoms with Gasteiger partial charge < -0.3 is 9.73 Å². The van der Waals surface area contributed by atoms with Crippen molar-refractivity contribution in [3.63, 3.8) is 0 Å². The molecule has 0 atom stereocenters. The van der Waals surface area contributed by atoms with Crippen molar-refractivity contribution in [1.82, 2.24) is 10.2 Å². The lowest BCUT2D eigenvalue weighted by molar-refractivity contribution is -0.126. The van der Waals surface area contributed by atoms with Crippen molar-refractivity contribution in [2.24, 2.45) is 4.99 Å². The van der Waals surface area contributed by atoms with Crippen molar-refractivity contribution in [2.45, 2.75) is 13.0 Å². The number of rotatable bonds is 10. The van der Waals surface area contributed by atoms with E-state index in [2.05, 4.69) is 16.9 Å². The molecule has 236 valence electrons. The van der Waals surface area contributed by atoms with Crippen LogP contribution < -0.4 is 5.32 Å². The van der Waals surface area contributed by atoms with E-state index in [0.717, 1.165) is 22.9 Å². The number of carbonyl (C=O) groups excluding carboxylic acids is 3. The molecule has 2 heterocycles. The molecule has 1 aliphatic heterocycles. The van der Waals surface area contributed by atoms with E-state index in [1.165, 1.54) is 11.0 Å². The largest absolute Gasteiger partial charge is 0.457 e. The van der Waals surface area contributed by atoms with E-state index in [-0.39, 0.29) is 28.2 Å². The predicted molar refractivity (Wildman–Crippen MR) is 190 cm³/mol. The highest BCUT2D eigenvalue weighted by atomic mass is 35.5. The van der Waals surface area contributed by atoms with Crippen molar-refractivity contribution in [1.29, 1.82) is 0 Å². The molecule has 0 saturated carbocycles. The van der Waals surface area contributed by atoms with Crippen molar-refractivity contribution in [2.75, 3.05) is 5.75 Å². The molecule has 1 aromatic heterocycles. The number of halogens is 2. The quantitative estimate of drug-likeness (QED) is 0.103. The maximum Gasteiger partial charge on any atom is 0.285 e.